The number of likely N-dealkylation sites (N-methyl/N-ethyl adjacent to an activating group) is 1. The zero-order chi connectivity index (χ0) is 14.8. The number of hydrogen-bond donors (Lipinski definition) is 2. The summed E-state index contributed by atoms with van der Waals surface area (Å²) in [4.78, 5) is 14.0. The topological polar surface area (TPSA) is 75.8 Å². The van der Waals surface area contributed by atoms with Gasteiger partial charge in [-0.15, -0.1) is 0 Å². The van der Waals surface area contributed by atoms with Gasteiger partial charge in [-0.25, -0.2) is 0 Å². The van der Waals surface area contributed by atoms with Crippen LogP contribution in [0.5, 0.6) is 0 Å². The second-order valence-electron chi connectivity index (χ2n) is 5.52. The van der Waals surface area contributed by atoms with E-state index in [1.807, 2.05) is 6.92 Å². The van der Waals surface area contributed by atoms with Crippen LogP contribution < -0.4 is 5.73 Å². The third kappa shape index (κ3) is 3.11. The molecule has 0 bridgehead atoms. The first-order valence-electron chi connectivity index (χ1n) is 6.84. The van der Waals surface area contributed by atoms with E-state index in [0.717, 1.165) is 5.56 Å². The van der Waals surface area contributed by atoms with E-state index in [0.29, 0.717) is 43.9 Å². The number of hydrogen-bond acceptors (Lipinski definition) is 4. The van der Waals surface area contributed by atoms with Crippen molar-refractivity contribution in [1.29, 1.82) is 0 Å². The van der Waals surface area contributed by atoms with Crippen molar-refractivity contribution in [1.82, 2.24) is 4.90 Å². The fourth-order valence-corrected chi connectivity index (χ4v) is 2.51. The maximum atomic E-state index is 12.5. The summed E-state index contributed by atoms with van der Waals surface area (Å²) < 4.78 is 5.25. The zero-order valence-electron chi connectivity index (χ0n) is 12.1. The number of nitrogen functional groups attached to an aromatic ring is 1. The molecule has 1 aromatic carbocycles. The van der Waals surface area contributed by atoms with Gasteiger partial charge in [0.05, 0.1) is 5.60 Å². The fraction of sp³-hybridized carbons (Fsp3) is 0.533. The highest BCUT2D eigenvalue weighted by Crippen LogP contribution is 2.23. The summed E-state index contributed by atoms with van der Waals surface area (Å²) in [5.41, 5.74) is 6.95. The number of carbonyl (C=O) groups is 1. The summed E-state index contributed by atoms with van der Waals surface area (Å²) in [5, 5.41) is 10.5. The highest BCUT2D eigenvalue weighted by atomic mass is 16.5. The Morgan fingerprint density at radius 2 is 2.10 bits per heavy atom. The van der Waals surface area contributed by atoms with Crippen LogP contribution in [-0.2, 0) is 4.74 Å². The molecule has 0 radical (unpaired) electrons. The van der Waals surface area contributed by atoms with Crippen LogP contribution in [0.15, 0.2) is 18.2 Å². The molecule has 0 unspecified atom stereocenters. The van der Waals surface area contributed by atoms with E-state index in [2.05, 4.69) is 0 Å². The SMILES string of the molecule is Cc1c(N)cccc1C(=O)N(C)CC1(O)CCOCC1. The second-order valence-corrected chi connectivity index (χ2v) is 5.52. The number of rotatable bonds is 3. The Bertz CT molecular complexity index is 496. The minimum absolute atomic E-state index is 0.116. The molecule has 0 saturated carbocycles. The van der Waals surface area contributed by atoms with Gasteiger partial charge in [0.2, 0.25) is 0 Å². The van der Waals surface area contributed by atoms with Crippen LogP contribution in [0.3, 0.4) is 0 Å². The molecule has 2 rings (SSSR count). The van der Waals surface area contributed by atoms with Crippen molar-refractivity contribution in [3.8, 4) is 0 Å². The average molecular weight is 278 g/mol. The third-order valence-corrected chi connectivity index (χ3v) is 3.91. The number of ether oxygens (including phenoxy) is 1. The van der Waals surface area contributed by atoms with Crippen molar-refractivity contribution in [2.24, 2.45) is 0 Å². The summed E-state index contributed by atoms with van der Waals surface area (Å²) in [5.74, 6) is -0.116. The highest BCUT2D eigenvalue weighted by Gasteiger charge is 2.32. The summed E-state index contributed by atoms with van der Waals surface area (Å²) in [6.07, 6.45) is 1.11. The van der Waals surface area contributed by atoms with Gasteiger partial charge < -0.3 is 20.5 Å². The minimum Gasteiger partial charge on any atom is -0.398 e. The molecule has 1 fully saturated rings. The second kappa shape index (κ2) is 5.81. The minimum atomic E-state index is -0.850. The Morgan fingerprint density at radius 3 is 2.75 bits per heavy atom. The number of anilines is 1. The molecular formula is C15H22N2O3. The predicted molar refractivity (Wildman–Crippen MR) is 77.6 cm³/mol. The van der Waals surface area contributed by atoms with Gasteiger partial charge in [-0.1, -0.05) is 6.07 Å². The number of nitrogens with two attached hydrogens (primary N) is 1. The lowest BCUT2D eigenvalue weighted by Crippen LogP contribution is -2.47. The van der Waals surface area contributed by atoms with Crippen molar-refractivity contribution in [2.45, 2.75) is 25.4 Å². The number of amides is 1. The molecular weight excluding hydrogens is 256 g/mol. The molecule has 0 atom stereocenters. The van der Waals surface area contributed by atoms with Gasteiger partial charge in [-0.2, -0.15) is 0 Å². The zero-order valence-corrected chi connectivity index (χ0v) is 12.1. The van der Waals surface area contributed by atoms with Crippen molar-refractivity contribution in [2.75, 3.05) is 32.5 Å². The van der Waals surface area contributed by atoms with Crippen LogP contribution in [0, 0.1) is 6.92 Å². The lowest BCUT2D eigenvalue weighted by Gasteiger charge is -2.35. The van der Waals surface area contributed by atoms with Crippen molar-refractivity contribution in [3.05, 3.63) is 29.3 Å². The number of nitrogens with zero attached hydrogens (tertiary/aromatic N) is 1. The maximum Gasteiger partial charge on any atom is 0.254 e. The molecule has 1 aliphatic heterocycles. The van der Waals surface area contributed by atoms with E-state index in [4.69, 9.17) is 10.5 Å². The van der Waals surface area contributed by atoms with Crippen molar-refractivity contribution >= 4 is 11.6 Å². The molecule has 1 heterocycles. The Labute approximate surface area is 119 Å². The molecule has 20 heavy (non-hydrogen) atoms. The number of benzene rings is 1. The molecule has 0 aromatic heterocycles. The first-order chi connectivity index (χ1) is 9.43. The van der Waals surface area contributed by atoms with Gasteiger partial charge >= 0.3 is 0 Å². The van der Waals surface area contributed by atoms with E-state index in [-0.39, 0.29) is 5.91 Å². The van der Waals surface area contributed by atoms with Crippen LogP contribution in [0.25, 0.3) is 0 Å². The van der Waals surface area contributed by atoms with E-state index < -0.39 is 5.60 Å². The number of carbonyl (C=O) groups excluding carboxylic acids is 1. The van der Waals surface area contributed by atoms with Gasteiger partial charge in [-0.3, -0.25) is 4.79 Å². The van der Waals surface area contributed by atoms with Crippen LogP contribution in [0.1, 0.15) is 28.8 Å². The summed E-state index contributed by atoms with van der Waals surface area (Å²) in [6.45, 7) is 3.22. The largest absolute Gasteiger partial charge is 0.398 e. The van der Waals surface area contributed by atoms with Crippen molar-refractivity contribution < 1.29 is 14.6 Å². The predicted octanol–water partition coefficient (Wildman–Crippen LogP) is 1.19. The molecule has 0 spiro atoms. The van der Waals surface area contributed by atoms with Gasteiger partial charge in [0.25, 0.3) is 5.91 Å². The smallest absolute Gasteiger partial charge is 0.254 e. The third-order valence-electron chi connectivity index (χ3n) is 3.91. The Balaban J connectivity index is 2.10. The normalized spacial score (nSPS) is 17.8. The Kier molecular flexibility index (Phi) is 4.30. The summed E-state index contributed by atoms with van der Waals surface area (Å²) >= 11 is 0. The van der Waals surface area contributed by atoms with Crippen molar-refractivity contribution in [3.63, 3.8) is 0 Å². The molecule has 3 N–H and O–H groups in total. The van der Waals surface area contributed by atoms with Gasteiger partial charge in [0.1, 0.15) is 0 Å². The lowest BCUT2D eigenvalue weighted by atomic mass is 9.93. The number of aliphatic hydroxyl groups is 1. The van der Waals surface area contributed by atoms with Crippen LogP contribution in [-0.4, -0.2) is 48.3 Å². The maximum absolute atomic E-state index is 12.5. The van der Waals surface area contributed by atoms with Gasteiger partial charge in [0.15, 0.2) is 0 Å². The van der Waals surface area contributed by atoms with Gasteiger partial charge in [-0.05, 0) is 24.6 Å². The average Bonchev–Trinajstić information content (AvgIpc) is 2.41. The monoisotopic (exact) mass is 278 g/mol. The highest BCUT2D eigenvalue weighted by molar-refractivity contribution is 5.96. The molecule has 1 amide bonds. The fourth-order valence-electron chi connectivity index (χ4n) is 2.51. The van der Waals surface area contributed by atoms with E-state index in [1.54, 1.807) is 30.1 Å². The first-order valence-corrected chi connectivity index (χ1v) is 6.84. The molecule has 0 aliphatic carbocycles. The van der Waals surface area contributed by atoms with Crippen LogP contribution in [0.4, 0.5) is 5.69 Å². The lowest BCUT2D eigenvalue weighted by molar-refractivity contribution is -0.0734. The van der Waals surface area contributed by atoms with Crippen LogP contribution >= 0.6 is 0 Å². The standard InChI is InChI=1S/C15H22N2O3/c1-11-12(4-3-5-13(11)16)14(18)17(2)10-15(19)6-8-20-9-7-15/h3-5,19H,6-10,16H2,1-2H3. The van der Waals surface area contributed by atoms with E-state index >= 15 is 0 Å². The summed E-state index contributed by atoms with van der Waals surface area (Å²) in [6, 6.07) is 5.31. The quantitative estimate of drug-likeness (QED) is 0.814. The molecule has 110 valence electrons. The van der Waals surface area contributed by atoms with E-state index in [1.165, 1.54) is 0 Å². The Hall–Kier alpha value is -1.59. The molecule has 5 heteroatoms. The molecule has 5 nitrogen and oxygen atoms in total. The molecule has 1 aromatic rings. The molecule has 1 aliphatic rings. The van der Waals surface area contributed by atoms with E-state index in [9.17, 15) is 9.90 Å². The Morgan fingerprint density at radius 1 is 1.45 bits per heavy atom. The van der Waals surface area contributed by atoms with Gasteiger partial charge in [0, 0.05) is 50.9 Å². The molecule has 1 saturated heterocycles. The summed E-state index contributed by atoms with van der Waals surface area (Å²) in [7, 11) is 1.71. The van der Waals surface area contributed by atoms with Crippen LogP contribution in [0.2, 0.25) is 0 Å². The first kappa shape index (κ1) is 14.8.